The van der Waals surface area contributed by atoms with Crippen LogP contribution in [0.25, 0.3) is 11.3 Å². The lowest BCUT2D eigenvalue weighted by Gasteiger charge is -2.30. The SMILES string of the molecule is Cc1nc(-c2ccc3c(c2)N(CC(=O)c2ccc4c(c2)N(C)C(=O)CO4)C(=O)CO3)c(C)s1. The molecule has 0 saturated heterocycles. The van der Waals surface area contributed by atoms with Crippen LogP contribution in [-0.4, -0.2) is 49.4 Å². The van der Waals surface area contributed by atoms with Gasteiger partial charge in [0.15, 0.2) is 19.0 Å². The molecular formula is C24H21N3O5S. The van der Waals surface area contributed by atoms with Crippen LogP contribution in [0.2, 0.25) is 0 Å². The number of carbonyl (C=O) groups is 3. The van der Waals surface area contributed by atoms with Crippen LogP contribution in [0.4, 0.5) is 11.4 Å². The van der Waals surface area contributed by atoms with Crippen LogP contribution in [0.1, 0.15) is 20.2 Å². The first-order valence-electron chi connectivity index (χ1n) is 10.4. The van der Waals surface area contributed by atoms with Crippen LogP contribution < -0.4 is 19.3 Å². The van der Waals surface area contributed by atoms with Crippen LogP contribution in [0, 0.1) is 13.8 Å². The number of benzene rings is 2. The van der Waals surface area contributed by atoms with Gasteiger partial charge in [-0.1, -0.05) is 0 Å². The molecule has 2 aliphatic rings. The highest BCUT2D eigenvalue weighted by Gasteiger charge is 2.29. The lowest BCUT2D eigenvalue weighted by atomic mass is 10.1. The Bertz CT molecular complexity index is 1320. The van der Waals surface area contributed by atoms with Crippen molar-refractivity contribution in [3.8, 4) is 22.8 Å². The first kappa shape index (κ1) is 21.1. The van der Waals surface area contributed by atoms with E-state index in [-0.39, 0.29) is 37.4 Å². The maximum Gasteiger partial charge on any atom is 0.265 e. The molecule has 5 rings (SSSR count). The second-order valence-corrected chi connectivity index (χ2v) is 9.34. The number of thiazole rings is 1. The standard InChI is InChI=1S/C24H21N3O5S/c1-13-24(25-14(2)33-13)16-5-7-21-18(9-16)27(23(30)12-32-21)10-19(28)15-4-6-20-17(8-15)26(3)22(29)11-31-20/h4-9H,10-12H2,1-3H3. The molecule has 3 aromatic rings. The van der Waals surface area contributed by atoms with Crippen LogP contribution in [-0.2, 0) is 9.59 Å². The number of hydrogen-bond acceptors (Lipinski definition) is 7. The maximum absolute atomic E-state index is 13.2. The summed E-state index contributed by atoms with van der Waals surface area (Å²) in [7, 11) is 1.64. The van der Waals surface area contributed by atoms with E-state index in [1.165, 1.54) is 9.80 Å². The molecule has 3 heterocycles. The minimum atomic E-state index is -0.298. The van der Waals surface area contributed by atoms with Crippen molar-refractivity contribution < 1.29 is 23.9 Å². The number of amides is 2. The average molecular weight is 464 g/mol. The maximum atomic E-state index is 13.2. The number of ether oxygens (including phenoxy) is 2. The van der Waals surface area contributed by atoms with Gasteiger partial charge in [-0.15, -0.1) is 11.3 Å². The Labute approximate surface area is 194 Å². The molecule has 0 saturated carbocycles. The Morgan fingerprint density at radius 1 is 1.00 bits per heavy atom. The first-order chi connectivity index (χ1) is 15.8. The monoisotopic (exact) mass is 463 g/mol. The summed E-state index contributed by atoms with van der Waals surface area (Å²) in [5.74, 6) is 0.341. The van der Waals surface area contributed by atoms with Crippen molar-refractivity contribution >= 4 is 40.3 Å². The van der Waals surface area contributed by atoms with Crippen molar-refractivity contribution in [1.82, 2.24) is 4.98 Å². The van der Waals surface area contributed by atoms with E-state index < -0.39 is 0 Å². The summed E-state index contributed by atoms with van der Waals surface area (Å²) < 4.78 is 11.0. The Kier molecular flexibility index (Phi) is 5.13. The predicted octanol–water partition coefficient (Wildman–Crippen LogP) is 3.39. The molecule has 9 heteroatoms. The van der Waals surface area contributed by atoms with Crippen molar-refractivity contribution in [1.29, 1.82) is 0 Å². The summed E-state index contributed by atoms with van der Waals surface area (Å²) in [6.45, 7) is 3.64. The van der Waals surface area contributed by atoms with Crippen LogP contribution in [0.5, 0.6) is 11.5 Å². The highest BCUT2D eigenvalue weighted by atomic mass is 32.1. The molecule has 0 bridgehead atoms. The van der Waals surface area contributed by atoms with Crippen molar-refractivity contribution in [2.45, 2.75) is 13.8 Å². The van der Waals surface area contributed by atoms with Crippen LogP contribution in [0.15, 0.2) is 36.4 Å². The number of anilines is 2. The van der Waals surface area contributed by atoms with Gasteiger partial charge in [-0.05, 0) is 50.2 Å². The van der Waals surface area contributed by atoms with Crippen LogP contribution >= 0.6 is 11.3 Å². The first-order valence-corrected chi connectivity index (χ1v) is 11.2. The normalized spacial score (nSPS) is 15.0. The lowest BCUT2D eigenvalue weighted by Crippen LogP contribution is -2.42. The van der Waals surface area contributed by atoms with Gasteiger partial charge in [-0.25, -0.2) is 4.98 Å². The largest absolute Gasteiger partial charge is 0.482 e. The molecule has 2 aromatic carbocycles. The van der Waals surface area contributed by atoms with E-state index in [1.807, 2.05) is 26.0 Å². The summed E-state index contributed by atoms with van der Waals surface area (Å²) in [4.78, 5) is 46.4. The second kappa shape index (κ2) is 8.00. The van der Waals surface area contributed by atoms with E-state index in [1.54, 1.807) is 42.6 Å². The molecule has 0 N–H and O–H groups in total. The van der Waals surface area contributed by atoms with Gasteiger partial charge in [0.05, 0.1) is 28.6 Å². The van der Waals surface area contributed by atoms with Gasteiger partial charge in [-0.2, -0.15) is 0 Å². The molecule has 0 atom stereocenters. The Morgan fingerprint density at radius 2 is 1.70 bits per heavy atom. The molecule has 0 spiro atoms. The molecule has 33 heavy (non-hydrogen) atoms. The number of fused-ring (bicyclic) bond motifs is 2. The molecule has 1 aromatic heterocycles. The van der Waals surface area contributed by atoms with Crippen molar-refractivity contribution in [3.63, 3.8) is 0 Å². The Morgan fingerprint density at radius 3 is 2.42 bits per heavy atom. The van der Waals surface area contributed by atoms with E-state index in [2.05, 4.69) is 4.98 Å². The lowest BCUT2D eigenvalue weighted by molar-refractivity contribution is -0.121. The Balaban J connectivity index is 1.47. The molecule has 2 aliphatic heterocycles. The highest BCUT2D eigenvalue weighted by molar-refractivity contribution is 7.11. The quantitative estimate of drug-likeness (QED) is 0.551. The fourth-order valence-electron chi connectivity index (χ4n) is 4.00. The molecular weight excluding hydrogens is 442 g/mol. The molecule has 168 valence electrons. The zero-order chi connectivity index (χ0) is 23.3. The minimum absolute atomic E-state index is 0.0316. The molecule has 0 fully saturated rings. The molecule has 0 unspecified atom stereocenters. The zero-order valence-electron chi connectivity index (χ0n) is 18.4. The van der Waals surface area contributed by atoms with Gasteiger partial charge in [0.1, 0.15) is 11.5 Å². The number of likely N-dealkylation sites (N-methyl/N-ethyl adjacent to an activating group) is 1. The number of nitrogens with zero attached hydrogens (tertiary/aromatic N) is 3. The third-order valence-electron chi connectivity index (χ3n) is 5.75. The Hall–Kier alpha value is -3.72. The summed E-state index contributed by atoms with van der Waals surface area (Å²) in [5, 5.41) is 0.958. The number of rotatable bonds is 4. The van der Waals surface area contributed by atoms with Crippen molar-refractivity contribution in [2.75, 3.05) is 36.6 Å². The number of aromatic nitrogens is 1. The smallest absolute Gasteiger partial charge is 0.265 e. The average Bonchev–Trinajstić information content (AvgIpc) is 3.15. The van der Waals surface area contributed by atoms with Gasteiger partial charge in [0.25, 0.3) is 11.8 Å². The van der Waals surface area contributed by atoms with E-state index in [4.69, 9.17) is 9.47 Å². The topological polar surface area (TPSA) is 89.0 Å². The number of Topliss-reactive ketones (excluding diaryl/α,β-unsaturated/α-hetero) is 1. The van der Waals surface area contributed by atoms with Gasteiger partial charge < -0.3 is 14.4 Å². The van der Waals surface area contributed by atoms with Crippen LogP contribution in [0.3, 0.4) is 0 Å². The van der Waals surface area contributed by atoms with E-state index in [9.17, 15) is 14.4 Å². The predicted molar refractivity (Wildman–Crippen MR) is 125 cm³/mol. The van der Waals surface area contributed by atoms with Gasteiger partial charge in [0.2, 0.25) is 0 Å². The van der Waals surface area contributed by atoms with E-state index in [0.29, 0.717) is 28.4 Å². The number of aryl methyl sites for hydroxylation is 2. The highest BCUT2D eigenvalue weighted by Crippen LogP contribution is 2.38. The summed E-state index contributed by atoms with van der Waals surface area (Å²) in [5.41, 5.74) is 3.17. The fraction of sp³-hybridized carbons (Fsp3) is 0.250. The third-order valence-corrected chi connectivity index (χ3v) is 6.63. The molecule has 0 aliphatic carbocycles. The molecule has 8 nitrogen and oxygen atoms in total. The number of hydrogen-bond donors (Lipinski definition) is 0. The second-order valence-electron chi connectivity index (χ2n) is 7.94. The number of carbonyl (C=O) groups excluding carboxylic acids is 3. The summed E-state index contributed by atoms with van der Waals surface area (Å²) in [6, 6.07) is 10.5. The van der Waals surface area contributed by atoms with E-state index in [0.717, 1.165) is 21.1 Å². The minimum Gasteiger partial charge on any atom is -0.482 e. The van der Waals surface area contributed by atoms with Gasteiger partial charge in [-0.3, -0.25) is 19.3 Å². The van der Waals surface area contributed by atoms with Gasteiger partial charge >= 0.3 is 0 Å². The third kappa shape index (κ3) is 3.74. The number of ketones is 1. The molecule has 0 radical (unpaired) electrons. The fourth-order valence-corrected chi connectivity index (χ4v) is 4.84. The van der Waals surface area contributed by atoms with Crippen molar-refractivity contribution in [2.24, 2.45) is 0 Å². The summed E-state index contributed by atoms with van der Waals surface area (Å²) >= 11 is 1.61. The zero-order valence-corrected chi connectivity index (χ0v) is 19.2. The summed E-state index contributed by atoms with van der Waals surface area (Å²) in [6.07, 6.45) is 0. The van der Waals surface area contributed by atoms with Gasteiger partial charge in [0, 0.05) is 23.1 Å². The van der Waals surface area contributed by atoms with Crippen molar-refractivity contribution in [3.05, 3.63) is 51.8 Å². The molecule has 2 amide bonds. The van der Waals surface area contributed by atoms with E-state index >= 15 is 0 Å².